The highest BCUT2D eigenvalue weighted by Gasteiger charge is 2.32. The molecule has 1 aliphatic rings. The Morgan fingerprint density at radius 3 is 2.38 bits per heavy atom. The van der Waals surface area contributed by atoms with Gasteiger partial charge in [-0.3, -0.25) is 24.3 Å². The Balaban J connectivity index is 2.05. The quantitative estimate of drug-likeness (QED) is 0.763. The smallest absolute Gasteiger partial charge is 0.298 e. The SMILES string of the molecule is N#CC(C(=O)CCN1C(=O)CCC1=O)c1ccc(C(F)(F)F)cn1. The van der Waals surface area contributed by atoms with Crippen LogP contribution >= 0.6 is 0 Å². The number of ketones is 1. The van der Waals surface area contributed by atoms with Crippen LogP contribution in [0.5, 0.6) is 0 Å². The summed E-state index contributed by atoms with van der Waals surface area (Å²) >= 11 is 0. The van der Waals surface area contributed by atoms with E-state index >= 15 is 0 Å². The van der Waals surface area contributed by atoms with E-state index in [1.807, 2.05) is 0 Å². The van der Waals surface area contributed by atoms with E-state index in [2.05, 4.69) is 4.98 Å². The van der Waals surface area contributed by atoms with Crippen molar-refractivity contribution in [2.24, 2.45) is 0 Å². The largest absolute Gasteiger partial charge is 0.417 e. The molecule has 2 heterocycles. The minimum absolute atomic E-state index is 0.0924. The molecule has 0 spiro atoms. The number of aromatic nitrogens is 1. The van der Waals surface area contributed by atoms with Gasteiger partial charge < -0.3 is 0 Å². The number of amides is 2. The van der Waals surface area contributed by atoms with Gasteiger partial charge in [0.1, 0.15) is 5.92 Å². The summed E-state index contributed by atoms with van der Waals surface area (Å²) < 4.78 is 37.5. The average molecular weight is 339 g/mol. The van der Waals surface area contributed by atoms with Crippen LogP contribution < -0.4 is 0 Å². The number of hydrogen-bond acceptors (Lipinski definition) is 5. The molecule has 0 aliphatic carbocycles. The van der Waals surface area contributed by atoms with E-state index in [1.54, 1.807) is 6.07 Å². The van der Waals surface area contributed by atoms with Crippen LogP contribution in [0.15, 0.2) is 18.3 Å². The summed E-state index contributed by atoms with van der Waals surface area (Å²) in [5.74, 6) is -2.72. The van der Waals surface area contributed by atoms with Crippen molar-refractivity contribution in [3.63, 3.8) is 0 Å². The maximum atomic E-state index is 12.5. The Bertz CT molecular complexity index is 691. The highest BCUT2D eigenvalue weighted by molar-refractivity contribution is 6.02. The van der Waals surface area contributed by atoms with E-state index in [0.29, 0.717) is 6.20 Å². The lowest BCUT2D eigenvalue weighted by molar-refractivity contribution is -0.139. The normalized spacial score (nSPS) is 16.2. The standard InChI is InChI=1S/C15H12F3N3O3/c16-15(17,18)9-1-2-11(20-8-9)10(7-19)12(22)5-6-21-13(23)3-4-14(21)24/h1-2,8,10H,3-6H2. The topological polar surface area (TPSA) is 91.1 Å². The number of carbonyl (C=O) groups excluding carboxylic acids is 3. The molecule has 6 nitrogen and oxygen atoms in total. The van der Waals surface area contributed by atoms with Gasteiger partial charge in [0.05, 0.1) is 17.3 Å². The Morgan fingerprint density at radius 1 is 1.29 bits per heavy atom. The summed E-state index contributed by atoms with van der Waals surface area (Å²) in [7, 11) is 0. The molecule has 1 unspecified atom stereocenters. The minimum Gasteiger partial charge on any atom is -0.298 e. The molecule has 1 saturated heterocycles. The van der Waals surface area contributed by atoms with E-state index in [0.717, 1.165) is 17.0 Å². The van der Waals surface area contributed by atoms with Crippen LogP contribution in [0, 0.1) is 11.3 Å². The number of halogens is 3. The molecule has 1 fully saturated rings. The molecule has 0 N–H and O–H groups in total. The lowest BCUT2D eigenvalue weighted by Crippen LogP contribution is -2.32. The van der Waals surface area contributed by atoms with Crippen molar-refractivity contribution >= 4 is 17.6 Å². The predicted octanol–water partition coefficient (Wildman–Crippen LogP) is 1.82. The van der Waals surface area contributed by atoms with Gasteiger partial charge in [-0.2, -0.15) is 18.4 Å². The summed E-state index contributed by atoms with van der Waals surface area (Å²) in [6.45, 7) is -0.144. The Hall–Kier alpha value is -2.76. The first-order valence-electron chi connectivity index (χ1n) is 7.02. The molecule has 0 saturated carbocycles. The fourth-order valence-electron chi connectivity index (χ4n) is 2.29. The summed E-state index contributed by atoms with van der Waals surface area (Å²) in [5, 5.41) is 9.09. The molecule has 1 aromatic heterocycles. The number of nitrogens with zero attached hydrogens (tertiary/aromatic N) is 3. The van der Waals surface area contributed by atoms with Crippen molar-refractivity contribution in [1.29, 1.82) is 5.26 Å². The average Bonchev–Trinajstić information content (AvgIpc) is 2.84. The molecule has 0 radical (unpaired) electrons. The second kappa shape index (κ2) is 6.78. The van der Waals surface area contributed by atoms with Gasteiger partial charge in [0.15, 0.2) is 5.78 Å². The number of hydrogen-bond donors (Lipinski definition) is 0. The summed E-state index contributed by atoms with van der Waals surface area (Å²) in [6, 6.07) is 3.41. The molecular weight excluding hydrogens is 327 g/mol. The number of imide groups is 1. The van der Waals surface area contributed by atoms with Crippen LogP contribution in [0.3, 0.4) is 0 Å². The number of nitriles is 1. The van der Waals surface area contributed by atoms with Gasteiger partial charge in [-0.05, 0) is 12.1 Å². The van der Waals surface area contributed by atoms with Crippen molar-refractivity contribution in [1.82, 2.24) is 9.88 Å². The first-order chi connectivity index (χ1) is 11.2. The van der Waals surface area contributed by atoms with Gasteiger partial charge in [0.25, 0.3) is 0 Å². The molecule has 0 bridgehead atoms. The van der Waals surface area contributed by atoms with Crippen molar-refractivity contribution in [2.75, 3.05) is 6.54 Å². The van der Waals surface area contributed by atoms with Gasteiger partial charge in [0.2, 0.25) is 11.8 Å². The van der Waals surface area contributed by atoms with Crippen LogP contribution in [-0.2, 0) is 20.6 Å². The third kappa shape index (κ3) is 3.76. The van der Waals surface area contributed by atoms with Crippen molar-refractivity contribution in [2.45, 2.75) is 31.4 Å². The van der Waals surface area contributed by atoms with Crippen LogP contribution in [0.2, 0.25) is 0 Å². The monoisotopic (exact) mass is 339 g/mol. The van der Waals surface area contributed by atoms with Gasteiger partial charge in [-0.25, -0.2) is 0 Å². The van der Waals surface area contributed by atoms with Crippen LogP contribution in [0.25, 0.3) is 0 Å². The molecule has 1 aromatic rings. The van der Waals surface area contributed by atoms with Crippen LogP contribution in [0.1, 0.15) is 36.4 Å². The second-order valence-corrected chi connectivity index (χ2v) is 5.19. The highest BCUT2D eigenvalue weighted by atomic mass is 19.4. The van der Waals surface area contributed by atoms with Crippen LogP contribution in [0.4, 0.5) is 13.2 Å². The molecule has 0 aromatic carbocycles. The zero-order chi connectivity index (χ0) is 17.9. The van der Waals surface area contributed by atoms with Crippen molar-refractivity contribution in [3.05, 3.63) is 29.6 Å². The fourth-order valence-corrected chi connectivity index (χ4v) is 2.29. The van der Waals surface area contributed by atoms with E-state index in [-0.39, 0.29) is 43.3 Å². The number of pyridine rings is 1. The zero-order valence-electron chi connectivity index (χ0n) is 12.3. The number of carbonyl (C=O) groups is 3. The van der Waals surface area contributed by atoms with E-state index in [1.165, 1.54) is 0 Å². The molecule has 126 valence electrons. The summed E-state index contributed by atoms with van der Waals surface area (Å²) in [4.78, 5) is 39.5. The van der Waals surface area contributed by atoms with Crippen LogP contribution in [-0.4, -0.2) is 34.0 Å². The fraction of sp³-hybridized carbons (Fsp3) is 0.400. The molecule has 1 aliphatic heterocycles. The van der Waals surface area contributed by atoms with Gasteiger partial charge >= 0.3 is 6.18 Å². The lowest BCUT2D eigenvalue weighted by atomic mass is 9.98. The maximum Gasteiger partial charge on any atom is 0.417 e. The molecule has 2 rings (SSSR count). The maximum absolute atomic E-state index is 12.5. The predicted molar refractivity (Wildman–Crippen MR) is 73.2 cm³/mol. The summed E-state index contributed by atoms with van der Waals surface area (Å²) in [5.41, 5.74) is -1.08. The third-order valence-electron chi connectivity index (χ3n) is 3.60. The third-order valence-corrected chi connectivity index (χ3v) is 3.60. The van der Waals surface area contributed by atoms with E-state index in [4.69, 9.17) is 5.26 Å². The first kappa shape index (κ1) is 17.6. The minimum atomic E-state index is -4.56. The van der Waals surface area contributed by atoms with Crippen molar-refractivity contribution < 1.29 is 27.6 Å². The number of Topliss-reactive ketones (excluding diaryl/α,β-unsaturated/α-hetero) is 1. The Morgan fingerprint density at radius 2 is 1.92 bits per heavy atom. The second-order valence-electron chi connectivity index (χ2n) is 5.19. The Kier molecular flexibility index (Phi) is 4.97. The molecule has 9 heteroatoms. The number of likely N-dealkylation sites (tertiary alicyclic amines) is 1. The number of alkyl halides is 3. The number of rotatable bonds is 5. The van der Waals surface area contributed by atoms with Crippen molar-refractivity contribution in [3.8, 4) is 6.07 Å². The highest BCUT2D eigenvalue weighted by Crippen LogP contribution is 2.29. The van der Waals surface area contributed by atoms with Gasteiger partial charge in [-0.1, -0.05) is 0 Å². The molecular formula is C15H12F3N3O3. The zero-order valence-corrected chi connectivity index (χ0v) is 12.3. The van der Waals surface area contributed by atoms with E-state index < -0.39 is 23.4 Å². The molecule has 1 atom stereocenters. The lowest BCUT2D eigenvalue weighted by Gasteiger charge is -2.14. The van der Waals surface area contributed by atoms with Gasteiger partial charge in [-0.15, -0.1) is 0 Å². The summed E-state index contributed by atoms with van der Waals surface area (Å²) in [6.07, 6.45) is -4.07. The first-order valence-corrected chi connectivity index (χ1v) is 7.02. The van der Waals surface area contributed by atoms with Gasteiger partial charge in [0, 0.05) is 32.0 Å². The molecule has 24 heavy (non-hydrogen) atoms. The van der Waals surface area contributed by atoms with E-state index in [9.17, 15) is 27.6 Å². The molecule has 2 amide bonds. The Labute approximate surface area is 134 Å².